The first kappa shape index (κ1) is 13.5. The van der Waals surface area contributed by atoms with E-state index in [0.717, 1.165) is 11.3 Å². The summed E-state index contributed by atoms with van der Waals surface area (Å²) in [4.78, 5) is 4.29. The molecule has 0 fully saturated rings. The number of aromatic hydroxyl groups is 1. The predicted octanol–water partition coefficient (Wildman–Crippen LogP) is 3.45. The van der Waals surface area contributed by atoms with E-state index in [4.69, 9.17) is 0 Å². The van der Waals surface area contributed by atoms with Gasteiger partial charge in [-0.15, -0.1) is 0 Å². The third-order valence-electron chi connectivity index (χ3n) is 2.32. The normalized spacial score (nSPS) is 10.2. The van der Waals surface area contributed by atoms with E-state index in [-0.39, 0.29) is 22.5 Å². The van der Waals surface area contributed by atoms with E-state index in [1.807, 2.05) is 43.3 Å². The fourth-order valence-corrected chi connectivity index (χ4v) is 1.37. The molecule has 0 aliphatic carbocycles. The van der Waals surface area contributed by atoms with E-state index in [1.165, 1.54) is 5.56 Å². The van der Waals surface area contributed by atoms with Crippen LogP contribution >= 0.6 is 0 Å². The summed E-state index contributed by atoms with van der Waals surface area (Å²) in [6, 6.07) is 15.1. The van der Waals surface area contributed by atoms with E-state index >= 15 is 0 Å². The molecule has 3 heteroatoms. The van der Waals surface area contributed by atoms with Gasteiger partial charge in [0.25, 0.3) is 0 Å². The van der Waals surface area contributed by atoms with Crippen LogP contribution in [0.5, 0.6) is 5.75 Å². The number of phenols is 1. The van der Waals surface area contributed by atoms with Crippen molar-refractivity contribution < 1.29 is 21.9 Å². The van der Waals surface area contributed by atoms with Gasteiger partial charge in [0.15, 0.2) is 0 Å². The Bertz CT molecular complexity index is 506. The second-order valence-corrected chi connectivity index (χ2v) is 3.65. The fraction of sp³-hybridized carbons (Fsp3) is 0.0714. The van der Waals surface area contributed by atoms with Crippen LogP contribution in [0.1, 0.15) is 11.1 Å². The van der Waals surface area contributed by atoms with Crippen molar-refractivity contribution in [3.05, 3.63) is 59.7 Å². The van der Waals surface area contributed by atoms with Gasteiger partial charge in [0.2, 0.25) is 0 Å². The smallest absolute Gasteiger partial charge is 0.124 e. The molecule has 17 heavy (non-hydrogen) atoms. The second-order valence-electron chi connectivity index (χ2n) is 3.65. The maximum atomic E-state index is 9.54. The second kappa shape index (κ2) is 6.23. The van der Waals surface area contributed by atoms with Gasteiger partial charge in [-0.2, -0.15) is 0 Å². The zero-order chi connectivity index (χ0) is 11.4. The Hall–Kier alpha value is -1.58. The Morgan fingerprint density at radius 3 is 2.29 bits per heavy atom. The zero-order valence-electron chi connectivity index (χ0n) is 9.42. The maximum Gasteiger partial charge on any atom is 0.124 e. The van der Waals surface area contributed by atoms with Crippen LogP contribution in [0.4, 0.5) is 5.69 Å². The van der Waals surface area contributed by atoms with Crippen molar-refractivity contribution in [3.8, 4) is 5.75 Å². The standard InChI is InChI=1S/C14H13NO.Co/c1-11-6-8-13(9-7-11)15-10-12-4-2-3-5-14(12)16;/h2-10,16H,1H3;. The van der Waals surface area contributed by atoms with Crippen molar-refractivity contribution in [2.75, 3.05) is 0 Å². The van der Waals surface area contributed by atoms with E-state index in [0.29, 0.717) is 0 Å². The van der Waals surface area contributed by atoms with Crippen molar-refractivity contribution in [2.45, 2.75) is 6.92 Å². The Morgan fingerprint density at radius 2 is 1.65 bits per heavy atom. The molecule has 0 saturated heterocycles. The Balaban J connectivity index is 0.00000144. The van der Waals surface area contributed by atoms with E-state index < -0.39 is 0 Å². The van der Waals surface area contributed by atoms with E-state index in [1.54, 1.807) is 18.3 Å². The van der Waals surface area contributed by atoms with Gasteiger partial charge in [-0.05, 0) is 31.2 Å². The van der Waals surface area contributed by atoms with Gasteiger partial charge < -0.3 is 5.11 Å². The van der Waals surface area contributed by atoms with Crippen LogP contribution in [0.25, 0.3) is 0 Å². The summed E-state index contributed by atoms with van der Waals surface area (Å²) < 4.78 is 0. The van der Waals surface area contributed by atoms with Gasteiger partial charge in [-0.25, -0.2) is 0 Å². The van der Waals surface area contributed by atoms with Crippen LogP contribution in [0.3, 0.4) is 0 Å². The molecule has 2 rings (SSSR count). The molecule has 2 nitrogen and oxygen atoms in total. The summed E-state index contributed by atoms with van der Waals surface area (Å²) in [5.41, 5.74) is 2.82. The van der Waals surface area contributed by atoms with E-state index in [2.05, 4.69) is 4.99 Å². The van der Waals surface area contributed by atoms with Gasteiger partial charge in [-0.3, -0.25) is 4.99 Å². The Morgan fingerprint density at radius 1 is 1.00 bits per heavy atom. The van der Waals surface area contributed by atoms with E-state index in [9.17, 15) is 5.11 Å². The van der Waals surface area contributed by atoms with Crippen LogP contribution in [-0.2, 0) is 16.8 Å². The molecular weight excluding hydrogens is 257 g/mol. The van der Waals surface area contributed by atoms with Crippen LogP contribution in [0.2, 0.25) is 0 Å². The van der Waals surface area contributed by atoms with Crippen molar-refractivity contribution in [3.63, 3.8) is 0 Å². The molecule has 0 amide bonds. The summed E-state index contributed by atoms with van der Waals surface area (Å²) in [6.07, 6.45) is 1.67. The summed E-state index contributed by atoms with van der Waals surface area (Å²) in [5.74, 6) is 0.248. The molecule has 89 valence electrons. The summed E-state index contributed by atoms with van der Waals surface area (Å²) >= 11 is 0. The first-order valence-corrected chi connectivity index (χ1v) is 5.14. The monoisotopic (exact) mass is 270 g/mol. The first-order valence-electron chi connectivity index (χ1n) is 5.14. The number of para-hydroxylation sites is 1. The number of rotatable bonds is 2. The minimum Gasteiger partial charge on any atom is -0.507 e. The maximum absolute atomic E-state index is 9.54. The number of hydrogen-bond acceptors (Lipinski definition) is 2. The van der Waals surface area contributed by atoms with Crippen molar-refractivity contribution >= 4 is 11.9 Å². The van der Waals surface area contributed by atoms with Gasteiger partial charge in [0.05, 0.1) is 5.69 Å². The molecule has 0 bridgehead atoms. The molecule has 1 N–H and O–H groups in total. The molecular formula is C14H13CoNO. The molecule has 0 saturated carbocycles. The molecule has 0 aliphatic heterocycles. The summed E-state index contributed by atoms with van der Waals surface area (Å²) in [7, 11) is 0. The summed E-state index contributed by atoms with van der Waals surface area (Å²) in [6.45, 7) is 2.04. The number of benzene rings is 2. The fourth-order valence-electron chi connectivity index (χ4n) is 1.37. The van der Waals surface area contributed by atoms with Gasteiger partial charge >= 0.3 is 0 Å². The minimum atomic E-state index is 0. The van der Waals surface area contributed by atoms with Crippen LogP contribution in [0.15, 0.2) is 53.5 Å². The van der Waals surface area contributed by atoms with Crippen LogP contribution in [-0.4, -0.2) is 11.3 Å². The first-order chi connectivity index (χ1) is 7.75. The number of hydrogen-bond donors (Lipinski definition) is 1. The molecule has 1 radical (unpaired) electrons. The average Bonchev–Trinajstić information content (AvgIpc) is 2.30. The van der Waals surface area contributed by atoms with Gasteiger partial charge in [0, 0.05) is 28.6 Å². The van der Waals surface area contributed by atoms with Crippen molar-refractivity contribution in [2.24, 2.45) is 4.99 Å². The molecule has 2 aromatic rings. The molecule has 0 aromatic heterocycles. The topological polar surface area (TPSA) is 32.6 Å². The minimum absolute atomic E-state index is 0. The summed E-state index contributed by atoms with van der Waals surface area (Å²) in [5, 5.41) is 9.54. The Labute approximate surface area is 111 Å². The van der Waals surface area contributed by atoms with Gasteiger partial charge in [-0.1, -0.05) is 29.8 Å². The van der Waals surface area contributed by atoms with Gasteiger partial charge in [0.1, 0.15) is 5.75 Å². The largest absolute Gasteiger partial charge is 0.507 e. The third-order valence-corrected chi connectivity index (χ3v) is 2.32. The molecule has 0 aliphatic rings. The molecule has 0 unspecified atom stereocenters. The number of phenolic OH excluding ortho intramolecular Hbond substituents is 1. The predicted molar refractivity (Wildman–Crippen MR) is 66.5 cm³/mol. The number of nitrogens with zero attached hydrogens (tertiary/aromatic N) is 1. The van der Waals surface area contributed by atoms with Crippen LogP contribution < -0.4 is 0 Å². The van der Waals surface area contributed by atoms with Crippen molar-refractivity contribution in [1.29, 1.82) is 0 Å². The molecule has 2 aromatic carbocycles. The van der Waals surface area contributed by atoms with Crippen LogP contribution in [0, 0.1) is 6.92 Å². The van der Waals surface area contributed by atoms with Crippen molar-refractivity contribution in [1.82, 2.24) is 0 Å². The Kier molecular flexibility index (Phi) is 4.94. The third kappa shape index (κ3) is 3.73. The number of aliphatic imine (C=N–C) groups is 1. The number of aryl methyl sites for hydroxylation is 1. The molecule has 0 spiro atoms. The quantitative estimate of drug-likeness (QED) is 0.833. The average molecular weight is 270 g/mol. The zero-order valence-corrected chi connectivity index (χ0v) is 10.5. The molecule has 0 atom stereocenters. The molecule has 0 heterocycles. The SMILES string of the molecule is Cc1ccc(N=Cc2ccccc2O)cc1.[Co].